The fraction of sp³-hybridized carbons (Fsp3) is 0.0455. The van der Waals surface area contributed by atoms with Gasteiger partial charge in [0.15, 0.2) is 6.61 Å². The number of amides is 2. The molecule has 10 heteroatoms. The van der Waals surface area contributed by atoms with Crippen LogP contribution in [0.1, 0.15) is 15.9 Å². The Hall–Kier alpha value is -4.05. The van der Waals surface area contributed by atoms with Gasteiger partial charge in [-0.2, -0.15) is 5.10 Å². The molecule has 0 fully saturated rings. The summed E-state index contributed by atoms with van der Waals surface area (Å²) in [5.41, 5.74) is 3.64. The summed E-state index contributed by atoms with van der Waals surface area (Å²) in [6.45, 7) is -0.216. The molecule has 0 aliphatic carbocycles. The number of nitro groups is 1. The number of nitrogens with one attached hydrogen (secondary N) is 2. The number of non-ortho nitro benzene ring substituents is 1. The Kier molecular flexibility index (Phi) is 7.65. The van der Waals surface area contributed by atoms with E-state index in [4.69, 9.17) is 4.74 Å². The number of nitrogens with zero attached hydrogens (tertiary/aromatic N) is 2. The highest BCUT2D eigenvalue weighted by molar-refractivity contribution is 9.10. The van der Waals surface area contributed by atoms with Crippen LogP contribution in [-0.2, 0) is 4.79 Å². The van der Waals surface area contributed by atoms with Gasteiger partial charge in [0.05, 0.1) is 11.1 Å². The molecule has 0 saturated carbocycles. The highest BCUT2D eigenvalue weighted by Gasteiger charge is 2.10. The fourth-order valence-corrected chi connectivity index (χ4v) is 2.95. The lowest BCUT2D eigenvalue weighted by atomic mass is 10.2. The van der Waals surface area contributed by atoms with Crippen LogP contribution in [0.3, 0.4) is 0 Å². The highest BCUT2D eigenvalue weighted by Crippen LogP contribution is 2.22. The predicted octanol–water partition coefficient (Wildman–Crippen LogP) is 4.14. The quantitative estimate of drug-likeness (QED) is 0.275. The first-order chi connectivity index (χ1) is 15.4. The largest absolute Gasteiger partial charge is 0.483 e. The number of para-hydroxylation sites is 1. The summed E-state index contributed by atoms with van der Waals surface area (Å²) in [5, 5.41) is 17.3. The van der Waals surface area contributed by atoms with Crippen LogP contribution in [0.15, 0.2) is 82.4 Å². The van der Waals surface area contributed by atoms with E-state index in [-0.39, 0.29) is 23.8 Å². The van der Waals surface area contributed by atoms with E-state index in [9.17, 15) is 19.7 Å². The van der Waals surface area contributed by atoms with Gasteiger partial charge in [-0.25, -0.2) is 5.43 Å². The number of ether oxygens (including phenoxy) is 1. The molecule has 0 saturated heterocycles. The van der Waals surface area contributed by atoms with Crippen molar-refractivity contribution in [3.63, 3.8) is 0 Å². The van der Waals surface area contributed by atoms with Crippen molar-refractivity contribution < 1.29 is 19.2 Å². The van der Waals surface area contributed by atoms with Gasteiger partial charge in [-0.05, 0) is 42.5 Å². The average Bonchev–Trinajstić information content (AvgIpc) is 2.79. The van der Waals surface area contributed by atoms with Crippen molar-refractivity contribution in [3.8, 4) is 5.75 Å². The zero-order chi connectivity index (χ0) is 22.9. The van der Waals surface area contributed by atoms with Crippen molar-refractivity contribution in [2.45, 2.75) is 0 Å². The second-order valence-electron chi connectivity index (χ2n) is 6.39. The summed E-state index contributed by atoms with van der Waals surface area (Å²) >= 11 is 3.36. The molecule has 2 amide bonds. The number of hydrogen-bond acceptors (Lipinski definition) is 6. The van der Waals surface area contributed by atoms with Gasteiger partial charge in [-0.3, -0.25) is 19.7 Å². The van der Waals surface area contributed by atoms with Gasteiger partial charge in [-0.15, -0.1) is 0 Å². The molecular formula is C22H17BrN4O5. The van der Waals surface area contributed by atoms with Gasteiger partial charge in [-0.1, -0.05) is 34.1 Å². The number of hydrogen-bond donors (Lipinski definition) is 2. The lowest BCUT2D eigenvalue weighted by Gasteiger charge is -2.10. The SMILES string of the molecule is O=C(COc1ccc(Br)cc1/C=N/NC(=O)c1ccc([N+](=O)[O-])cc1)Nc1ccccc1. The Morgan fingerprint density at radius 2 is 1.78 bits per heavy atom. The maximum absolute atomic E-state index is 12.2. The number of anilines is 1. The summed E-state index contributed by atoms with van der Waals surface area (Å²) < 4.78 is 6.35. The molecule has 0 aliphatic rings. The van der Waals surface area contributed by atoms with Crippen LogP contribution in [0.4, 0.5) is 11.4 Å². The Bertz CT molecular complexity index is 1150. The third-order valence-corrected chi connectivity index (χ3v) is 4.59. The van der Waals surface area contributed by atoms with E-state index in [1.54, 1.807) is 30.3 Å². The van der Waals surface area contributed by atoms with Gasteiger partial charge in [0.1, 0.15) is 5.75 Å². The fourth-order valence-electron chi connectivity index (χ4n) is 2.57. The monoisotopic (exact) mass is 496 g/mol. The second-order valence-corrected chi connectivity index (χ2v) is 7.30. The van der Waals surface area contributed by atoms with Gasteiger partial charge in [0.2, 0.25) is 0 Å². The lowest BCUT2D eigenvalue weighted by molar-refractivity contribution is -0.384. The molecule has 2 N–H and O–H groups in total. The predicted molar refractivity (Wildman–Crippen MR) is 123 cm³/mol. The molecule has 0 aliphatic heterocycles. The van der Waals surface area contributed by atoms with Crippen LogP contribution in [-0.4, -0.2) is 29.6 Å². The Morgan fingerprint density at radius 1 is 1.06 bits per heavy atom. The molecule has 9 nitrogen and oxygen atoms in total. The van der Waals surface area contributed by atoms with Crippen molar-refractivity contribution >= 4 is 45.3 Å². The first-order valence-electron chi connectivity index (χ1n) is 9.27. The van der Waals surface area contributed by atoms with E-state index in [1.807, 2.05) is 18.2 Å². The molecule has 0 heterocycles. The van der Waals surface area contributed by atoms with Gasteiger partial charge in [0, 0.05) is 33.4 Å². The number of carbonyl (C=O) groups is 2. The molecule has 3 aromatic carbocycles. The molecule has 3 aromatic rings. The van der Waals surface area contributed by atoms with E-state index in [0.717, 1.165) is 4.47 Å². The molecule has 0 atom stereocenters. The molecule has 0 bridgehead atoms. The van der Waals surface area contributed by atoms with Gasteiger partial charge < -0.3 is 10.1 Å². The summed E-state index contributed by atoms with van der Waals surface area (Å²) in [6.07, 6.45) is 1.37. The van der Waals surface area contributed by atoms with Crippen molar-refractivity contribution in [1.82, 2.24) is 5.43 Å². The summed E-state index contributed by atoms with van der Waals surface area (Å²) in [7, 11) is 0. The first-order valence-corrected chi connectivity index (χ1v) is 10.1. The number of nitro benzene ring substituents is 1. The van der Waals surface area contributed by atoms with E-state index in [0.29, 0.717) is 17.0 Å². The first kappa shape index (κ1) is 22.6. The number of rotatable bonds is 8. The van der Waals surface area contributed by atoms with Crippen LogP contribution in [0.25, 0.3) is 0 Å². The van der Waals surface area contributed by atoms with Gasteiger partial charge in [0.25, 0.3) is 17.5 Å². The normalized spacial score (nSPS) is 10.5. The van der Waals surface area contributed by atoms with Crippen LogP contribution in [0, 0.1) is 10.1 Å². The summed E-state index contributed by atoms with van der Waals surface area (Å²) in [4.78, 5) is 34.4. The van der Waals surface area contributed by atoms with Crippen LogP contribution in [0.2, 0.25) is 0 Å². The number of carbonyl (C=O) groups excluding carboxylic acids is 2. The number of halogens is 1. The van der Waals surface area contributed by atoms with Crippen LogP contribution >= 0.6 is 15.9 Å². The number of benzene rings is 3. The van der Waals surface area contributed by atoms with E-state index in [1.165, 1.54) is 30.5 Å². The molecule has 162 valence electrons. The second kappa shape index (κ2) is 10.8. The third-order valence-electron chi connectivity index (χ3n) is 4.10. The molecular weight excluding hydrogens is 480 g/mol. The highest BCUT2D eigenvalue weighted by atomic mass is 79.9. The zero-order valence-corrected chi connectivity index (χ0v) is 18.1. The average molecular weight is 497 g/mol. The van der Waals surface area contributed by atoms with E-state index in [2.05, 4.69) is 31.8 Å². The molecule has 0 spiro atoms. The van der Waals surface area contributed by atoms with E-state index >= 15 is 0 Å². The Morgan fingerprint density at radius 3 is 2.47 bits per heavy atom. The topological polar surface area (TPSA) is 123 Å². The summed E-state index contributed by atoms with van der Waals surface area (Å²) in [6, 6.07) is 19.3. The Labute approximate surface area is 191 Å². The lowest BCUT2D eigenvalue weighted by Crippen LogP contribution is -2.20. The van der Waals surface area contributed by atoms with Crippen LogP contribution in [0.5, 0.6) is 5.75 Å². The van der Waals surface area contributed by atoms with Gasteiger partial charge >= 0.3 is 0 Å². The smallest absolute Gasteiger partial charge is 0.271 e. The molecule has 0 aromatic heterocycles. The molecule has 0 unspecified atom stereocenters. The van der Waals surface area contributed by atoms with Crippen LogP contribution < -0.4 is 15.5 Å². The number of hydrazone groups is 1. The maximum atomic E-state index is 12.2. The minimum absolute atomic E-state index is 0.114. The molecule has 32 heavy (non-hydrogen) atoms. The summed E-state index contributed by atoms with van der Waals surface area (Å²) in [5.74, 6) is -0.464. The molecule has 0 radical (unpaired) electrons. The standard InChI is InChI=1S/C22H17BrN4O5/c23-17-8-11-20(32-14-21(28)25-18-4-2-1-3-5-18)16(12-17)13-24-26-22(29)15-6-9-19(10-7-15)27(30)31/h1-13H,14H2,(H,25,28)(H,26,29)/b24-13+. The van der Waals surface area contributed by atoms with Crippen molar-refractivity contribution in [2.24, 2.45) is 5.10 Å². The zero-order valence-electron chi connectivity index (χ0n) is 16.5. The Balaban J connectivity index is 1.61. The third kappa shape index (κ3) is 6.47. The minimum atomic E-state index is -0.547. The van der Waals surface area contributed by atoms with Crippen molar-refractivity contribution in [3.05, 3.63) is 98.5 Å². The van der Waals surface area contributed by atoms with Crippen molar-refractivity contribution in [2.75, 3.05) is 11.9 Å². The van der Waals surface area contributed by atoms with Crippen molar-refractivity contribution in [1.29, 1.82) is 0 Å². The van der Waals surface area contributed by atoms with E-state index < -0.39 is 10.8 Å². The maximum Gasteiger partial charge on any atom is 0.271 e. The molecule has 3 rings (SSSR count). The minimum Gasteiger partial charge on any atom is -0.483 e.